The molecule has 0 radical (unpaired) electrons. The van der Waals surface area contributed by atoms with Crippen LogP contribution in [0, 0.1) is 0 Å². The number of hydrogen-bond donors (Lipinski definition) is 2. The molecule has 0 spiro atoms. The molecule has 0 saturated heterocycles. The molecule has 21 heavy (non-hydrogen) atoms. The van der Waals surface area contributed by atoms with Gasteiger partial charge in [0.25, 0.3) is 0 Å². The SMILES string of the molecule is I.NC(=NCCOc1ccccc1)NC1CCCCCC1. The van der Waals surface area contributed by atoms with Crippen molar-refractivity contribution in [1.29, 1.82) is 0 Å². The number of hydrogen-bond acceptors (Lipinski definition) is 2. The highest BCUT2D eigenvalue weighted by atomic mass is 127. The van der Waals surface area contributed by atoms with E-state index in [9.17, 15) is 0 Å². The maximum absolute atomic E-state index is 5.92. The van der Waals surface area contributed by atoms with Crippen LogP contribution in [0.25, 0.3) is 0 Å². The van der Waals surface area contributed by atoms with Gasteiger partial charge in [-0.15, -0.1) is 24.0 Å². The molecule has 118 valence electrons. The molecule has 2 rings (SSSR count). The molecule has 0 aromatic heterocycles. The molecule has 1 aliphatic carbocycles. The normalized spacial score (nSPS) is 16.7. The molecular formula is C16H26IN3O. The summed E-state index contributed by atoms with van der Waals surface area (Å²) in [6.45, 7) is 1.14. The summed E-state index contributed by atoms with van der Waals surface area (Å²) < 4.78 is 5.58. The summed E-state index contributed by atoms with van der Waals surface area (Å²) in [6, 6.07) is 10.3. The van der Waals surface area contributed by atoms with Crippen molar-refractivity contribution in [3.05, 3.63) is 30.3 Å². The standard InChI is InChI=1S/C16H25N3O.HI/c17-16(19-14-8-4-1-2-5-9-14)18-12-13-20-15-10-6-3-7-11-15;/h3,6-7,10-11,14H,1-2,4-5,8-9,12-13H2,(H3,17,18,19);1H. The second-order valence-corrected chi connectivity index (χ2v) is 5.26. The van der Waals surface area contributed by atoms with Crippen LogP contribution >= 0.6 is 24.0 Å². The Balaban J connectivity index is 0.00000220. The van der Waals surface area contributed by atoms with Crippen molar-refractivity contribution >= 4 is 29.9 Å². The number of ether oxygens (including phenoxy) is 1. The zero-order valence-electron chi connectivity index (χ0n) is 12.5. The van der Waals surface area contributed by atoms with Crippen LogP contribution in [0.1, 0.15) is 38.5 Å². The lowest BCUT2D eigenvalue weighted by Gasteiger charge is -2.16. The van der Waals surface area contributed by atoms with E-state index in [2.05, 4.69) is 10.3 Å². The topological polar surface area (TPSA) is 59.6 Å². The molecule has 1 aliphatic rings. The van der Waals surface area contributed by atoms with E-state index in [4.69, 9.17) is 10.5 Å². The third-order valence-electron chi connectivity index (χ3n) is 3.59. The average molecular weight is 403 g/mol. The van der Waals surface area contributed by atoms with Gasteiger partial charge in [0.05, 0.1) is 6.54 Å². The van der Waals surface area contributed by atoms with E-state index in [0.29, 0.717) is 25.2 Å². The molecule has 5 heteroatoms. The third kappa shape index (κ3) is 7.55. The number of nitrogens with two attached hydrogens (primary N) is 1. The molecule has 1 aromatic carbocycles. The van der Waals surface area contributed by atoms with Crippen molar-refractivity contribution in [1.82, 2.24) is 5.32 Å². The van der Waals surface area contributed by atoms with Gasteiger partial charge in [-0.1, -0.05) is 43.9 Å². The van der Waals surface area contributed by atoms with Crippen LogP contribution in [0.5, 0.6) is 5.75 Å². The second kappa shape index (κ2) is 10.7. The van der Waals surface area contributed by atoms with Gasteiger partial charge >= 0.3 is 0 Å². The number of nitrogens with one attached hydrogen (secondary N) is 1. The van der Waals surface area contributed by atoms with Crippen molar-refractivity contribution in [2.45, 2.75) is 44.6 Å². The largest absolute Gasteiger partial charge is 0.492 e. The lowest BCUT2D eigenvalue weighted by atomic mass is 10.1. The van der Waals surface area contributed by atoms with Crippen molar-refractivity contribution in [3.63, 3.8) is 0 Å². The number of guanidine groups is 1. The zero-order valence-corrected chi connectivity index (χ0v) is 14.8. The second-order valence-electron chi connectivity index (χ2n) is 5.26. The lowest BCUT2D eigenvalue weighted by Crippen LogP contribution is -2.40. The number of aliphatic imine (C=N–C) groups is 1. The number of para-hydroxylation sites is 1. The minimum Gasteiger partial charge on any atom is -0.492 e. The van der Waals surface area contributed by atoms with E-state index in [1.165, 1.54) is 38.5 Å². The van der Waals surface area contributed by atoms with E-state index in [-0.39, 0.29) is 24.0 Å². The number of nitrogens with zero attached hydrogens (tertiary/aromatic N) is 1. The summed E-state index contributed by atoms with van der Waals surface area (Å²) in [7, 11) is 0. The molecule has 3 N–H and O–H groups in total. The summed E-state index contributed by atoms with van der Waals surface area (Å²) in [5.74, 6) is 1.42. The molecule has 1 saturated carbocycles. The Morgan fingerprint density at radius 3 is 2.48 bits per heavy atom. The van der Waals surface area contributed by atoms with E-state index >= 15 is 0 Å². The lowest BCUT2D eigenvalue weighted by molar-refractivity contribution is 0.328. The molecule has 4 nitrogen and oxygen atoms in total. The fraction of sp³-hybridized carbons (Fsp3) is 0.562. The fourth-order valence-electron chi connectivity index (χ4n) is 2.52. The first-order chi connectivity index (χ1) is 9.84. The van der Waals surface area contributed by atoms with Gasteiger partial charge in [0.1, 0.15) is 12.4 Å². The van der Waals surface area contributed by atoms with E-state index in [0.717, 1.165) is 5.75 Å². The molecule has 0 atom stereocenters. The van der Waals surface area contributed by atoms with Crippen LogP contribution in [-0.2, 0) is 0 Å². The highest BCUT2D eigenvalue weighted by molar-refractivity contribution is 14.0. The maximum Gasteiger partial charge on any atom is 0.188 e. The van der Waals surface area contributed by atoms with Gasteiger partial charge in [0.2, 0.25) is 0 Å². The summed E-state index contributed by atoms with van der Waals surface area (Å²) in [5.41, 5.74) is 5.92. The number of benzene rings is 1. The molecule has 0 unspecified atom stereocenters. The van der Waals surface area contributed by atoms with Gasteiger partial charge in [-0.25, -0.2) is 4.99 Å². The first kappa shape index (κ1) is 18.1. The van der Waals surface area contributed by atoms with Crippen LogP contribution in [0.2, 0.25) is 0 Å². The summed E-state index contributed by atoms with van der Waals surface area (Å²) in [4.78, 5) is 4.32. The summed E-state index contributed by atoms with van der Waals surface area (Å²) >= 11 is 0. The smallest absolute Gasteiger partial charge is 0.188 e. The highest BCUT2D eigenvalue weighted by Crippen LogP contribution is 2.16. The minimum absolute atomic E-state index is 0. The molecule has 0 aliphatic heterocycles. The van der Waals surface area contributed by atoms with E-state index in [1.807, 2.05) is 30.3 Å². The minimum atomic E-state index is 0. The van der Waals surface area contributed by atoms with Crippen LogP contribution in [0.15, 0.2) is 35.3 Å². The van der Waals surface area contributed by atoms with Crippen LogP contribution in [0.4, 0.5) is 0 Å². The predicted molar refractivity (Wildman–Crippen MR) is 98.5 cm³/mol. The molecule has 0 amide bonds. The monoisotopic (exact) mass is 403 g/mol. The Bertz CT molecular complexity index is 403. The van der Waals surface area contributed by atoms with E-state index < -0.39 is 0 Å². The Morgan fingerprint density at radius 1 is 1.14 bits per heavy atom. The summed E-state index contributed by atoms with van der Waals surface area (Å²) in [5, 5.41) is 3.33. The van der Waals surface area contributed by atoms with Crippen molar-refractivity contribution < 1.29 is 4.74 Å². The van der Waals surface area contributed by atoms with Crippen molar-refractivity contribution in [2.75, 3.05) is 13.2 Å². The van der Waals surface area contributed by atoms with Crippen LogP contribution < -0.4 is 15.8 Å². The van der Waals surface area contributed by atoms with Gasteiger partial charge in [0, 0.05) is 6.04 Å². The first-order valence-electron chi connectivity index (χ1n) is 7.59. The quantitative estimate of drug-likeness (QED) is 0.261. The van der Waals surface area contributed by atoms with Crippen molar-refractivity contribution in [3.8, 4) is 5.75 Å². The Hall–Kier alpha value is -0.980. The van der Waals surface area contributed by atoms with Crippen LogP contribution in [-0.4, -0.2) is 25.2 Å². The Labute approximate surface area is 144 Å². The molecule has 1 fully saturated rings. The van der Waals surface area contributed by atoms with Gasteiger partial charge in [-0.05, 0) is 25.0 Å². The van der Waals surface area contributed by atoms with E-state index in [1.54, 1.807) is 0 Å². The summed E-state index contributed by atoms with van der Waals surface area (Å²) in [6.07, 6.45) is 7.69. The predicted octanol–water partition coefficient (Wildman–Crippen LogP) is 3.31. The van der Waals surface area contributed by atoms with Gasteiger partial charge < -0.3 is 15.8 Å². The molecular weight excluding hydrogens is 377 g/mol. The fourth-order valence-corrected chi connectivity index (χ4v) is 2.52. The maximum atomic E-state index is 5.92. The highest BCUT2D eigenvalue weighted by Gasteiger charge is 2.11. The zero-order chi connectivity index (χ0) is 14.0. The number of rotatable bonds is 5. The third-order valence-corrected chi connectivity index (χ3v) is 3.59. The average Bonchev–Trinajstić information content (AvgIpc) is 2.73. The number of halogens is 1. The molecule has 1 aromatic rings. The van der Waals surface area contributed by atoms with Gasteiger partial charge in [0.15, 0.2) is 5.96 Å². The van der Waals surface area contributed by atoms with Crippen LogP contribution in [0.3, 0.4) is 0 Å². The molecule has 0 bridgehead atoms. The first-order valence-corrected chi connectivity index (χ1v) is 7.59. The Kier molecular flexibility index (Phi) is 9.21. The van der Waals surface area contributed by atoms with Gasteiger partial charge in [-0.3, -0.25) is 0 Å². The van der Waals surface area contributed by atoms with Gasteiger partial charge in [-0.2, -0.15) is 0 Å². The molecule has 0 heterocycles. The van der Waals surface area contributed by atoms with Crippen molar-refractivity contribution in [2.24, 2.45) is 10.7 Å². The Morgan fingerprint density at radius 2 is 1.81 bits per heavy atom.